The van der Waals surface area contributed by atoms with Gasteiger partial charge in [-0.05, 0) is 67.3 Å². The maximum absolute atomic E-state index is 13.5. The van der Waals surface area contributed by atoms with E-state index in [0.29, 0.717) is 24.4 Å². The van der Waals surface area contributed by atoms with E-state index in [0.717, 1.165) is 30.6 Å². The molecule has 6 nitrogen and oxygen atoms in total. The molecule has 2 aromatic carbocycles. The summed E-state index contributed by atoms with van der Waals surface area (Å²) in [5.41, 5.74) is 0.787. The molecule has 1 saturated carbocycles. The Morgan fingerprint density at radius 2 is 1.84 bits per heavy atom. The molecule has 2 aromatic rings. The summed E-state index contributed by atoms with van der Waals surface area (Å²) < 4.78 is 17.9. The fourth-order valence-electron chi connectivity index (χ4n) is 7.09. The summed E-state index contributed by atoms with van der Waals surface area (Å²) >= 11 is 0. The molecule has 2 heterocycles. The average molecular weight is 524 g/mol. The van der Waals surface area contributed by atoms with Crippen molar-refractivity contribution in [2.75, 3.05) is 13.7 Å². The van der Waals surface area contributed by atoms with Crippen LogP contribution in [0.1, 0.15) is 37.3 Å². The van der Waals surface area contributed by atoms with Crippen LogP contribution in [-0.2, 0) is 27.2 Å². The molecule has 0 aromatic heterocycles. The molecule has 1 N–H and O–H groups in total. The van der Waals surface area contributed by atoms with Crippen LogP contribution in [0.15, 0.2) is 54.6 Å². The second kappa shape index (κ2) is 9.84. The molecular weight excluding hydrogens is 482 g/mol. The van der Waals surface area contributed by atoms with Crippen molar-refractivity contribution in [1.82, 2.24) is 4.90 Å². The Hall–Kier alpha value is -2.19. The first-order valence-electron chi connectivity index (χ1n) is 13.6. The van der Waals surface area contributed by atoms with E-state index in [9.17, 15) is 9.90 Å². The predicted octanol–water partition coefficient (Wildman–Crippen LogP) is 5.23. The molecular formula is C30H41NO5Si. The third-order valence-corrected chi connectivity index (χ3v) is 11.9. The Labute approximate surface area is 221 Å². The van der Waals surface area contributed by atoms with Gasteiger partial charge in [-0.25, -0.2) is 9.69 Å². The summed E-state index contributed by atoms with van der Waals surface area (Å²) in [5, 5.41) is 11.7. The van der Waals surface area contributed by atoms with E-state index in [1.807, 2.05) is 37.3 Å². The van der Waals surface area contributed by atoms with E-state index in [1.165, 1.54) is 5.56 Å². The van der Waals surface area contributed by atoms with E-state index in [-0.39, 0.29) is 12.5 Å². The predicted molar refractivity (Wildman–Crippen MR) is 146 cm³/mol. The number of benzene rings is 2. The SMILES string of the molecule is CCOC(=O)[C@@]12C[C@@H]3[C@H](Cc4cccc(OC)c4)C[C@H]([Si](C)(C)C)C[C@@]3(O1)N(Cc1ccccc1)[C@H]2O. The van der Waals surface area contributed by atoms with Gasteiger partial charge in [0.25, 0.3) is 0 Å². The molecule has 2 bridgehead atoms. The summed E-state index contributed by atoms with van der Waals surface area (Å²) in [5.74, 6) is 0.858. The van der Waals surface area contributed by atoms with Crippen LogP contribution in [0.4, 0.5) is 0 Å². The molecule has 0 radical (unpaired) electrons. The number of carbonyl (C=O) groups excluding carboxylic acids is 1. The van der Waals surface area contributed by atoms with Crippen LogP contribution in [0, 0.1) is 11.8 Å². The number of ether oxygens (including phenoxy) is 3. The molecule has 5 rings (SSSR count). The van der Waals surface area contributed by atoms with E-state index in [4.69, 9.17) is 14.2 Å². The maximum atomic E-state index is 13.5. The zero-order valence-electron chi connectivity index (χ0n) is 22.8. The van der Waals surface area contributed by atoms with Gasteiger partial charge in [-0.2, -0.15) is 0 Å². The number of rotatable bonds is 8. The molecule has 7 heteroatoms. The Morgan fingerprint density at radius 1 is 1.11 bits per heavy atom. The van der Waals surface area contributed by atoms with Crippen LogP contribution in [0.25, 0.3) is 0 Å². The molecule has 3 aliphatic rings. The van der Waals surface area contributed by atoms with Crippen molar-refractivity contribution in [2.24, 2.45) is 11.8 Å². The number of aliphatic hydroxyl groups is 1. The molecule has 37 heavy (non-hydrogen) atoms. The molecule has 1 aliphatic carbocycles. The molecule has 0 amide bonds. The van der Waals surface area contributed by atoms with Crippen LogP contribution in [0.5, 0.6) is 5.75 Å². The van der Waals surface area contributed by atoms with Gasteiger partial charge in [-0.1, -0.05) is 62.1 Å². The molecule has 3 fully saturated rings. The topological polar surface area (TPSA) is 68.2 Å². The monoisotopic (exact) mass is 523 g/mol. The Morgan fingerprint density at radius 3 is 2.51 bits per heavy atom. The number of likely N-dealkylation sites (tertiary alicyclic amines) is 1. The summed E-state index contributed by atoms with van der Waals surface area (Å²) in [4.78, 5) is 15.6. The van der Waals surface area contributed by atoms with Gasteiger partial charge in [0, 0.05) is 20.5 Å². The second-order valence-electron chi connectivity index (χ2n) is 12.2. The highest BCUT2D eigenvalue weighted by Gasteiger charge is 2.76. The molecule has 0 unspecified atom stereocenters. The normalized spacial score (nSPS) is 33.2. The highest BCUT2D eigenvalue weighted by Crippen LogP contribution is 2.65. The molecule has 6 atom stereocenters. The number of carbonyl (C=O) groups is 1. The highest BCUT2D eigenvalue weighted by molar-refractivity contribution is 6.77. The number of fused-ring (bicyclic) bond motifs is 1. The molecule has 200 valence electrons. The van der Waals surface area contributed by atoms with Gasteiger partial charge in [0.2, 0.25) is 5.60 Å². The molecule has 2 saturated heterocycles. The van der Waals surface area contributed by atoms with E-state index in [1.54, 1.807) is 7.11 Å². The summed E-state index contributed by atoms with van der Waals surface area (Å²) in [6, 6.07) is 18.5. The first kappa shape index (κ1) is 26.4. The van der Waals surface area contributed by atoms with Gasteiger partial charge < -0.3 is 19.3 Å². The number of hydrogen-bond donors (Lipinski definition) is 1. The van der Waals surface area contributed by atoms with Crippen molar-refractivity contribution >= 4 is 14.0 Å². The minimum absolute atomic E-state index is 0.114. The number of nitrogens with zero attached hydrogens (tertiary/aromatic N) is 1. The van der Waals surface area contributed by atoms with Gasteiger partial charge >= 0.3 is 5.97 Å². The smallest absolute Gasteiger partial charge is 0.342 e. The first-order valence-corrected chi connectivity index (χ1v) is 17.2. The number of piperidine rings is 1. The lowest BCUT2D eigenvalue weighted by Crippen LogP contribution is -2.63. The zero-order chi connectivity index (χ0) is 26.4. The quantitative estimate of drug-likeness (QED) is 0.378. The molecule has 1 spiro atoms. The fraction of sp³-hybridized carbons (Fsp3) is 0.567. The second-order valence-corrected chi connectivity index (χ2v) is 17.7. The van der Waals surface area contributed by atoms with Crippen molar-refractivity contribution in [3.63, 3.8) is 0 Å². The third-order valence-electron chi connectivity index (χ3n) is 9.03. The lowest BCUT2D eigenvalue weighted by atomic mass is 9.66. The zero-order valence-corrected chi connectivity index (χ0v) is 23.8. The van der Waals surface area contributed by atoms with Gasteiger partial charge in [-0.3, -0.25) is 0 Å². The largest absolute Gasteiger partial charge is 0.497 e. The summed E-state index contributed by atoms with van der Waals surface area (Å²) in [6.07, 6.45) is 2.29. The minimum Gasteiger partial charge on any atom is -0.497 e. The third kappa shape index (κ3) is 4.54. The van der Waals surface area contributed by atoms with E-state index in [2.05, 4.69) is 48.8 Å². The first-order chi connectivity index (χ1) is 17.6. The Kier molecular flexibility index (Phi) is 7.03. The summed E-state index contributed by atoms with van der Waals surface area (Å²) in [7, 11) is 0.123. The van der Waals surface area contributed by atoms with Crippen LogP contribution < -0.4 is 4.74 Å². The number of methoxy groups -OCH3 is 1. The average Bonchev–Trinajstić information content (AvgIpc) is 3.35. The summed E-state index contributed by atoms with van der Waals surface area (Å²) in [6.45, 7) is 9.89. The van der Waals surface area contributed by atoms with Crippen LogP contribution in [0.3, 0.4) is 0 Å². The fourth-order valence-corrected chi connectivity index (χ4v) is 9.01. The van der Waals surface area contributed by atoms with Crippen molar-refractivity contribution in [1.29, 1.82) is 0 Å². The van der Waals surface area contributed by atoms with Gasteiger partial charge in [0.15, 0.2) is 0 Å². The van der Waals surface area contributed by atoms with Crippen molar-refractivity contribution in [2.45, 2.75) is 81.9 Å². The van der Waals surface area contributed by atoms with Gasteiger partial charge in [-0.15, -0.1) is 0 Å². The highest BCUT2D eigenvalue weighted by atomic mass is 28.3. The van der Waals surface area contributed by atoms with Crippen LogP contribution in [-0.4, -0.2) is 55.3 Å². The number of aliphatic hydroxyl groups excluding tert-OH is 1. The van der Waals surface area contributed by atoms with Gasteiger partial charge in [0.1, 0.15) is 17.7 Å². The van der Waals surface area contributed by atoms with Crippen molar-refractivity contribution < 1.29 is 24.1 Å². The van der Waals surface area contributed by atoms with Crippen molar-refractivity contribution in [3.05, 3.63) is 65.7 Å². The Bertz CT molecular complexity index is 1120. The van der Waals surface area contributed by atoms with E-state index < -0.39 is 31.6 Å². The lowest BCUT2D eigenvalue weighted by Gasteiger charge is -2.54. The molecule has 2 aliphatic heterocycles. The maximum Gasteiger partial charge on any atom is 0.342 e. The van der Waals surface area contributed by atoms with E-state index >= 15 is 0 Å². The van der Waals surface area contributed by atoms with Crippen LogP contribution in [0.2, 0.25) is 25.2 Å². The van der Waals surface area contributed by atoms with Crippen LogP contribution >= 0.6 is 0 Å². The Balaban J connectivity index is 1.58. The number of esters is 1. The van der Waals surface area contributed by atoms with Crippen molar-refractivity contribution in [3.8, 4) is 5.75 Å². The van der Waals surface area contributed by atoms with Gasteiger partial charge in [0.05, 0.1) is 13.7 Å². The lowest BCUT2D eigenvalue weighted by molar-refractivity contribution is -0.177. The standard InChI is InChI=1S/C30H41NO5Si/c1-6-35-28(33)29-19-26-23(15-22-13-10-14-24(16-22)34-2)17-25(37(3,4)5)18-30(26,36-29)31(27(29)32)20-21-11-8-7-9-12-21/h7-14,16,23,25-27,32H,6,15,17-20H2,1-5H3/t23-,25+,26-,27+,29+,30+/m1/s1. The minimum atomic E-state index is -1.58. The number of hydrogen-bond acceptors (Lipinski definition) is 6.